The van der Waals surface area contributed by atoms with E-state index >= 15 is 4.39 Å². The van der Waals surface area contributed by atoms with E-state index in [1.54, 1.807) is 23.2 Å². The van der Waals surface area contributed by atoms with Gasteiger partial charge >= 0.3 is 5.97 Å². The molecule has 43 heavy (non-hydrogen) atoms. The summed E-state index contributed by atoms with van der Waals surface area (Å²) in [6.45, 7) is 2.72. The Morgan fingerprint density at radius 1 is 1.07 bits per heavy atom. The molecule has 3 heterocycles. The maximum absolute atomic E-state index is 15.6. The average Bonchev–Trinajstić information content (AvgIpc) is 3.35. The average molecular weight is 593 g/mol. The van der Waals surface area contributed by atoms with Crippen molar-refractivity contribution in [2.45, 2.75) is 70.4 Å². The van der Waals surface area contributed by atoms with Crippen molar-refractivity contribution in [3.8, 4) is 5.75 Å². The molecule has 2 aliphatic rings. The van der Waals surface area contributed by atoms with Crippen molar-refractivity contribution in [3.05, 3.63) is 83.2 Å². The number of piperidine rings is 1. The normalized spacial score (nSPS) is 20.3. The first-order chi connectivity index (χ1) is 20.7. The summed E-state index contributed by atoms with van der Waals surface area (Å²) in [5, 5.41) is 10.0. The molecule has 0 radical (unpaired) electrons. The highest BCUT2D eigenvalue weighted by Crippen LogP contribution is 2.40. The highest BCUT2D eigenvalue weighted by atomic mass is 19.3. The number of halogens is 3. The lowest BCUT2D eigenvalue weighted by molar-refractivity contribution is -0.143. The fourth-order valence-corrected chi connectivity index (χ4v) is 6.26. The van der Waals surface area contributed by atoms with E-state index in [0.29, 0.717) is 41.2 Å². The number of ether oxygens (including phenoxy) is 1. The van der Waals surface area contributed by atoms with Crippen molar-refractivity contribution in [2.24, 2.45) is 5.92 Å². The summed E-state index contributed by atoms with van der Waals surface area (Å²) in [7, 11) is 0. The van der Waals surface area contributed by atoms with Crippen LogP contribution in [0.25, 0.3) is 11.0 Å². The third kappa shape index (κ3) is 6.33. The molecule has 1 N–H and O–H groups in total. The molecule has 2 aromatic carbocycles. The first kappa shape index (κ1) is 29.0. The molecular weight excluding hydrogens is 557 g/mol. The minimum absolute atomic E-state index is 0.141. The van der Waals surface area contributed by atoms with Crippen molar-refractivity contribution >= 4 is 22.7 Å². The van der Waals surface area contributed by atoms with E-state index in [1.807, 2.05) is 41.8 Å². The summed E-state index contributed by atoms with van der Waals surface area (Å²) in [6.07, 6.45) is 4.27. The second-order valence-electron chi connectivity index (χ2n) is 11.8. The van der Waals surface area contributed by atoms with Gasteiger partial charge in [-0.2, -0.15) is 0 Å². The lowest BCUT2D eigenvalue weighted by Crippen LogP contribution is -2.39. The number of aryl methyl sites for hydroxylation is 1. The van der Waals surface area contributed by atoms with Gasteiger partial charge in [0.25, 0.3) is 5.92 Å². The first-order valence-corrected chi connectivity index (χ1v) is 14.9. The van der Waals surface area contributed by atoms with Gasteiger partial charge in [-0.3, -0.25) is 9.78 Å². The second-order valence-corrected chi connectivity index (χ2v) is 11.8. The van der Waals surface area contributed by atoms with Crippen LogP contribution < -0.4 is 9.64 Å². The van der Waals surface area contributed by atoms with Crippen LogP contribution in [0.2, 0.25) is 0 Å². The monoisotopic (exact) mass is 592 g/mol. The Labute approximate surface area is 248 Å². The number of hydrogen-bond donors (Lipinski definition) is 1. The number of rotatable bonds is 8. The fourth-order valence-electron chi connectivity index (χ4n) is 6.26. The summed E-state index contributed by atoms with van der Waals surface area (Å²) in [5.41, 5.74) is 4.22. The van der Waals surface area contributed by atoms with Gasteiger partial charge in [-0.25, -0.2) is 18.2 Å². The third-order valence-electron chi connectivity index (χ3n) is 8.75. The Balaban J connectivity index is 1.33. The number of carboxylic acids is 1. The van der Waals surface area contributed by atoms with Crippen molar-refractivity contribution in [2.75, 3.05) is 18.0 Å². The number of anilines is 1. The van der Waals surface area contributed by atoms with Crippen molar-refractivity contribution < 1.29 is 27.8 Å². The molecular formula is C33H35F3N4O3. The molecule has 2 atom stereocenters. The summed E-state index contributed by atoms with van der Waals surface area (Å²) in [5.74, 6) is -3.63. The Morgan fingerprint density at radius 2 is 1.86 bits per heavy atom. The number of imidazole rings is 1. The SMILES string of the molecule is Cc1ccc(COc2ccc3nc(C4CCCC[C@H]4C(=O)O)n(Cc4ccc(N5CCC(F)(F)CC5)cc4F)c3c2)nc1. The van der Waals surface area contributed by atoms with Gasteiger partial charge in [-0.15, -0.1) is 0 Å². The van der Waals surface area contributed by atoms with Gasteiger partial charge in [0.05, 0.1) is 29.2 Å². The molecule has 0 amide bonds. The molecule has 0 bridgehead atoms. The van der Waals surface area contributed by atoms with Crippen molar-refractivity contribution in [1.82, 2.24) is 14.5 Å². The number of hydrogen-bond acceptors (Lipinski definition) is 5. The standard InChI is InChI=1S/C33H35F3N4O3/c1-21-6-8-23(37-18-21)20-43-25-10-11-29-30(17-25)40(31(38-29)26-4-2-3-5-27(26)32(41)42)19-22-7-9-24(16-28(22)34)39-14-12-33(35,36)13-15-39/h6-11,16-18,26-27H,2-5,12-15,19-20H2,1H3,(H,41,42)/t26?,27-/m1/s1. The fraction of sp³-hybridized carbons (Fsp3) is 0.424. The number of aromatic nitrogens is 3. The predicted molar refractivity (Wildman–Crippen MR) is 157 cm³/mol. The smallest absolute Gasteiger partial charge is 0.307 e. The highest BCUT2D eigenvalue weighted by Gasteiger charge is 2.36. The molecule has 2 fully saturated rings. The van der Waals surface area contributed by atoms with Gasteiger partial charge in [-0.05, 0) is 55.7 Å². The Kier molecular flexibility index (Phi) is 8.03. The molecule has 1 aliphatic heterocycles. The Bertz CT molecular complexity index is 1610. The molecule has 226 valence electrons. The molecule has 4 aromatic rings. The molecule has 1 unspecified atom stereocenters. The minimum Gasteiger partial charge on any atom is -0.487 e. The zero-order chi connectivity index (χ0) is 30.1. The number of fused-ring (bicyclic) bond motifs is 1. The largest absolute Gasteiger partial charge is 0.487 e. The minimum atomic E-state index is -2.68. The van der Waals surface area contributed by atoms with E-state index < -0.39 is 23.6 Å². The van der Waals surface area contributed by atoms with Crippen molar-refractivity contribution in [3.63, 3.8) is 0 Å². The van der Waals surface area contributed by atoms with Crippen LogP contribution >= 0.6 is 0 Å². The van der Waals surface area contributed by atoms with Crippen LogP contribution in [-0.4, -0.2) is 44.6 Å². The van der Waals surface area contributed by atoms with Crippen molar-refractivity contribution in [1.29, 1.82) is 0 Å². The number of nitrogens with zero attached hydrogens (tertiary/aromatic N) is 4. The number of carboxylic acid groups (broad SMARTS) is 1. The van der Waals surface area contributed by atoms with Crippen LogP contribution in [0.4, 0.5) is 18.9 Å². The molecule has 1 saturated carbocycles. The van der Waals surface area contributed by atoms with Gasteiger partial charge in [0.1, 0.15) is 24.0 Å². The topological polar surface area (TPSA) is 80.5 Å². The quantitative estimate of drug-likeness (QED) is 0.235. The zero-order valence-corrected chi connectivity index (χ0v) is 24.1. The summed E-state index contributed by atoms with van der Waals surface area (Å²) < 4.78 is 50.9. The lowest BCUT2D eigenvalue weighted by Gasteiger charge is -2.33. The lowest BCUT2D eigenvalue weighted by atomic mass is 9.78. The molecule has 7 nitrogen and oxygen atoms in total. The molecule has 0 spiro atoms. The van der Waals surface area contributed by atoms with Crippen LogP contribution in [-0.2, 0) is 17.9 Å². The molecule has 6 rings (SSSR count). The van der Waals surface area contributed by atoms with Crippen LogP contribution in [0.5, 0.6) is 5.75 Å². The second kappa shape index (κ2) is 11.9. The van der Waals surface area contributed by atoms with Gasteiger partial charge < -0.3 is 19.3 Å². The van der Waals surface area contributed by atoms with E-state index in [-0.39, 0.29) is 45.0 Å². The summed E-state index contributed by atoms with van der Waals surface area (Å²) >= 11 is 0. The van der Waals surface area contributed by atoms with Gasteiger partial charge in [0.2, 0.25) is 0 Å². The predicted octanol–water partition coefficient (Wildman–Crippen LogP) is 7.10. The van der Waals surface area contributed by atoms with Gasteiger partial charge in [-0.1, -0.05) is 25.0 Å². The van der Waals surface area contributed by atoms with Crippen LogP contribution in [0.3, 0.4) is 0 Å². The third-order valence-corrected chi connectivity index (χ3v) is 8.75. The van der Waals surface area contributed by atoms with Crippen LogP contribution in [0.15, 0.2) is 54.7 Å². The molecule has 1 aliphatic carbocycles. The van der Waals surface area contributed by atoms with E-state index in [2.05, 4.69) is 4.98 Å². The summed E-state index contributed by atoms with van der Waals surface area (Å²) in [6, 6.07) is 14.3. The van der Waals surface area contributed by atoms with Gasteiger partial charge in [0, 0.05) is 55.4 Å². The summed E-state index contributed by atoms with van der Waals surface area (Å²) in [4.78, 5) is 23.3. The molecule has 10 heteroatoms. The Hall–Kier alpha value is -4.08. The number of carbonyl (C=O) groups is 1. The number of alkyl halides is 2. The number of benzene rings is 2. The maximum atomic E-state index is 15.6. The number of pyridine rings is 1. The zero-order valence-electron chi connectivity index (χ0n) is 24.1. The van der Waals surface area contributed by atoms with Crippen LogP contribution in [0.1, 0.15) is 67.1 Å². The van der Waals surface area contributed by atoms with E-state index in [9.17, 15) is 18.7 Å². The Morgan fingerprint density at radius 3 is 2.58 bits per heavy atom. The molecule has 2 aromatic heterocycles. The van der Waals surface area contributed by atoms with E-state index in [4.69, 9.17) is 9.72 Å². The molecule has 1 saturated heterocycles. The number of aliphatic carboxylic acids is 1. The van der Waals surface area contributed by atoms with Gasteiger partial charge in [0.15, 0.2) is 0 Å². The maximum Gasteiger partial charge on any atom is 0.307 e. The first-order valence-electron chi connectivity index (χ1n) is 14.9. The van der Waals surface area contributed by atoms with Crippen LogP contribution in [0, 0.1) is 18.7 Å². The highest BCUT2D eigenvalue weighted by molar-refractivity contribution is 5.79. The van der Waals surface area contributed by atoms with E-state index in [0.717, 1.165) is 29.6 Å². The van der Waals surface area contributed by atoms with E-state index in [1.165, 1.54) is 6.07 Å².